The summed E-state index contributed by atoms with van der Waals surface area (Å²) in [6.07, 6.45) is 1.31. The fraction of sp³-hybridized carbons (Fsp3) is 0.211. The largest absolute Gasteiger partial charge is 0.327 e. The van der Waals surface area contributed by atoms with Gasteiger partial charge in [0.25, 0.3) is 17.7 Å². The normalized spacial score (nSPS) is 19.5. The highest BCUT2D eigenvalue weighted by atomic mass is 35.5. The monoisotopic (exact) mass is 354 g/mol. The third-order valence-corrected chi connectivity index (χ3v) is 5.03. The molecular weight excluding hydrogens is 340 g/mol. The molecule has 2 aromatic rings. The Kier molecular flexibility index (Phi) is 3.81. The van der Waals surface area contributed by atoms with Gasteiger partial charge in [-0.3, -0.25) is 14.4 Å². The van der Waals surface area contributed by atoms with Crippen LogP contribution in [0.1, 0.15) is 33.6 Å². The van der Waals surface area contributed by atoms with Gasteiger partial charge in [0.15, 0.2) is 0 Å². The highest BCUT2D eigenvalue weighted by molar-refractivity contribution is 6.36. The molecule has 0 aromatic heterocycles. The molecule has 25 heavy (non-hydrogen) atoms. The van der Waals surface area contributed by atoms with Gasteiger partial charge < -0.3 is 4.90 Å². The van der Waals surface area contributed by atoms with Crippen LogP contribution in [0.25, 0.3) is 0 Å². The fourth-order valence-corrected chi connectivity index (χ4v) is 3.72. The summed E-state index contributed by atoms with van der Waals surface area (Å²) < 4.78 is 0. The molecule has 0 radical (unpaired) electrons. The number of anilines is 1. The smallest absolute Gasteiger partial charge is 0.266 e. The van der Waals surface area contributed by atoms with E-state index in [1.165, 1.54) is 0 Å². The minimum atomic E-state index is -0.605. The zero-order valence-electron chi connectivity index (χ0n) is 13.3. The summed E-state index contributed by atoms with van der Waals surface area (Å²) in [5, 5.41) is 0.275. The van der Waals surface area contributed by atoms with Crippen molar-refractivity contribution in [2.24, 2.45) is 0 Å². The van der Waals surface area contributed by atoms with Crippen molar-refractivity contribution in [3.8, 4) is 0 Å². The number of nitrogens with zero attached hydrogens (tertiary/aromatic N) is 2. The van der Waals surface area contributed by atoms with Crippen LogP contribution in [-0.2, 0) is 4.79 Å². The molecule has 1 atom stereocenters. The van der Waals surface area contributed by atoms with E-state index in [9.17, 15) is 14.4 Å². The second kappa shape index (κ2) is 6.01. The van der Waals surface area contributed by atoms with Gasteiger partial charge in [0, 0.05) is 6.54 Å². The maximum atomic E-state index is 13.1. The van der Waals surface area contributed by atoms with Crippen LogP contribution < -0.4 is 4.90 Å². The summed E-state index contributed by atoms with van der Waals surface area (Å²) >= 11 is 6.16. The summed E-state index contributed by atoms with van der Waals surface area (Å²) in [7, 11) is 0. The Balaban J connectivity index is 1.89. The minimum Gasteiger partial charge on any atom is -0.327 e. The zero-order chi connectivity index (χ0) is 17.6. The number of carbonyl (C=O) groups excluding carboxylic acids is 3. The van der Waals surface area contributed by atoms with Gasteiger partial charge in [-0.2, -0.15) is 0 Å². The molecule has 2 aliphatic rings. The van der Waals surface area contributed by atoms with E-state index in [0.717, 1.165) is 11.3 Å². The predicted octanol–water partition coefficient (Wildman–Crippen LogP) is 3.13. The molecular formula is C19H15ClN2O3. The first-order valence-corrected chi connectivity index (χ1v) is 8.50. The molecule has 2 aromatic carbocycles. The van der Waals surface area contributed by atoms with E-state index in [1.807, 2.05) is 0 Å². The summed E-state index contributed by atoms with van der Waals surface area (Å²) in [4.78, 5) is 41.8. The van der Waals surface area contributed by atoms with Crippen molar-refractivity contribution in [1.29, 1.82) is 0 Å². The van der Waals surface area contributed by atoms with E-state index in [1.54, 1.807) is 53.4 Å². The molecule has 4 rings (SSSR count). The van der Waals surface area contributed by atoms with Gasteiger partial charge in [-0.1, -0.05) is 35.9 Å². The Labute approximate surface area is 149 Å². The van der Waals surface area contributed by atoms with Crippen molar-refractivity contribution < 1.29 is 14.4 Å². The van der Waals surface area contributed by atoms with Gasteiger partial charge >= 0.3 is 0 Å². The second-order valence-electron chi connectivity index (χ2n) is 6.13. The van der Waals surface area contributed by atoms with E-state index >= 15 is 0 Å². The van der Waals surface area contributed by atoms with Crippen LogP contribution in [-0.4, -0.2) is 35.2 Å². The number of hydrogen-bond acceptors (Lipinski definition) is 3. The summed E-state index contributed by atoms with van der Waals surface area (Å²) in [5.74, 6) is -1.09. The third-order valence-electron chi connectivity index (χ3n) is 4.70. The fourth-order valence-electron chi connectivity index (χ4n) is 3.50. The van der Waals surface area contributed by atoms with E-state index in [-0.39, 0.29) is 22.4 Å². The Bertz CT molecular complexity index is 896. The molecule has 5 nitrogen and oxygen atoms in total. The van der Waals surface area contributed by atoms with E-state index in [2.05, 4.69) is 0 Å². The number of imide groups is 1. The van der Waals surface area contributed by atoms with E-state index < -0.39 is 11.9 Å². The number of halogens is 1. The number of para-hydroxylation sites is 1. The Morgan fingerprint density at radius 2 is 1.76 bits per heavy atom. The first-order valence-electron chi connectivity index (χ1n) is 8.12. The first-order chi connectivity index (χ1) is 12.1. The molecule has 1 fully saturated rings. The van der Waals surface area contributed by atoms with Crippen LogP contribution in [0.3, 0.4) is 0 Å². The molecule has 0 unspecified atom stereocenters. The van der Waals surface area contributed by atoms with Crippen LogP contribution in [0, 0.1) is 0 Å². The van der Waals surface area contributed by atoms with Gasteiger partial charge in [0.1, 0.15) is 6.04 Å². The van der Waals surface area contributed by atoms with Crippen molar-refractivity contribution in [1.82, 2.24) is 4.90 Å². The predicted molar refractivity (Wildman–Crippen MR) is 93.8 cm³/mol. The molecule has 1 saturated heterocycles. The number of amides is 3. The average molecular weight is 355 g/mol. The van der Waals surface area contributed by atoms with Crippen molar-refractivity contribution in [2.75, 3.05) is 11.4 Å². The van der Waals surface area contributed by atoms with Crippen LogP contribution in [0.15, 0.2) is 48.5 Å². The molecule has 0 saturated carbocycles. The summed E-state index contributed by atoms with van der Waals surface area (Å²) in [6.45, 7) is 0.525. The molecule has 0 spiro atoms. The van der Waals surface area contributed by atoms with Gasteiger partial charge in [0.05, 0.1) is 21.8 Å². The minimum absolute atomic E-state index is 0.207. The van der Waals surface area contributed by atoms with Crippen molar-refractivity contribution in [3.05, 3.63) is 64.7 Å². The van der Waals surface area contributed by atoms with Gasteiger partial charge in [-0.05, 0) is 37.1 Å². The number of fused-ring (bicyclic) bond motifs is 2. The zero-order valence-corrected chi connectivity index (χ0v) is 14.1. The number of rotatable bonds is 1. The number of hydrogen-bond donors (Lipinski definition) is 0. The highest BCUT2D eigenvalue weighted by Crippen LogP contribution is 2.34. The summed E-state index contributed by atoms with van der Waals surface area (Å²) in [5.41, 5.74) is 0.920. The maximum absolute atomic E-state index is 13.1. The van der Waals surface area contributed by atoms with Crippen molar-refractivity contribution in [3.63, 3.8) is 0 Å². The van der Waals surface area contributed by atoms with Crippen molar-refractivity contribution >= 4 is 35.0 Å². The lowest BCUT2D eigenvalue weighted by molar-refractivity contribution is -0.121. The lowest BCUT2D eigenvalue weighted by Gasteiger charge is -2.24. The molecule has 2 heterocycles. The third kappa shape index (κ3) is 2.43. The standard InChI is InChI=1S/C19H15ClN2O3/c20-14-8-3-1-6-12(14)18(24)22-15-9-4-2-7-13(15)17(23)21-11-5-10-16(21)19(22)25/h1-4,6-9,16H,5,10-11H2/t16-/m1/s1. The van der Waals surface area contributed by atoms with Crippen LogP contribution in [0.4, 0.5) is 5.69 Å². The Morgan fingerprint density at radius 3 is 2.56 bits per heavy atom. The molecule has 2 aliphatic heterocycles. The Morgan fingerprint density at radius 1 is 1.04 bits per heavy atom. The van der Waals surface area contributed by atoms with Crippen molar-refractivity contribution in [2.45, 2.75) is 18.9 Å². The average Bonchev–Trinajstić information content (AvgIpc) is 3.09. The molecule has 126 valence electrons. The Hall–Kier alpha value is -2.66. The molecule has 0 aliphatic carbocycles. The summed E-state index contributed by atoms with van der Waals surface area (Å²) in [6, 6.07) is 12.7. The van der Waals surface area contributed by atoms with Crippen LogP contribution in [0.5, 0.6) is 0 Å². The van der Waals surface area contributed by atoms with E-state index in [0.29, 0.717) is 24.2 Å². The topological polar surface area (TPSA) is 57.7 Å². The number of carbonyl (C=O) groups is 3. The molecule has 0 N–H and O–H groups in total. The lowest BCUT2D eigenvalue weighted by Crippen LogP contribution is -2.47. The first kappa shape index (κ1) is 15.8. The van der Waals surface area contributed by atoms with Gasteiger partial charge in [-0.15, -0.1) is 0 Å². The van der Waals surface area contributed by atoms with Crippen LogP contribution in [0.2, 0.25) is 5.02 Å². The SMILES string of the molecule is O=C(c1ccccc1Cl)N1C(=O)[C@H]2CCCN2C(=O)c2ccccc21. The number of benzene rings is 2. The van der Waals surface area contributed by atoms with Gasteiger partial charge in [0.2, 0.25) is 0 Å². The quantitative estimate of drug-likeness (QED) is 0.739. The maximum Gasteiger partial charge on any atom is 0.266 e. The van der Waals surface area contributed by atoms with E-state index in [4.69, 9.17) is 11.6 Å². The lowest BCUT2D eigenvalue weighted by atomic mass is 10.1. The van der Waals surface area contributed by atoms with Crippen LogP contribution >= 0.6 is 11.6 Å². The van der Waals surface area contributed by atoms with Gasteiger partial charge in [-0.25, -0.2) is 4.90 Å². The second-order valence-corrected chi connectivity index (χ2v) is 6.54. The molecule has 0 bridgehead atoms. The molecule has 6 heteroatoms. The highest BCUT2D eigenvalue weighted by Gasteiger charge is 2.44. The molecule has 3 amide bonds.